The van der Waals surface area contributed by atoms with Crippen molar-refractivity contribution in [3.63, 3.8) is 0 Å². The maximum Gasteiger partial charge on any atom is 0.263 e. The molecule has 0 spiro atoms. The number of nitrogens with zero attached hydrogens (tertiary/aromatic N) is 6. The summed E-state index contributed by atoms with van der Waals surface area (Å²) in [6.07, 6.45) is 4.13. The molecule has 48 heavy (non-hydrogen) atoms. The summed E-state index contributed by atoms with van der Waals surface area (Å²) < 4.78 is 60.9. The highest BCUT2D eigenvalue weighted by Crippen LogP contribution is 2.35. The van der Waals surface area contributed by atoms with Gasteiger partial charge in [-0.05, 0) is 68.3 Å². The van der Waals surface area contributed by atoms with E-state index in [9.17, 15) is 13.5 Å². The largest absolute Gasteiger partial charge is 0.390 e. The smallest absolute Gasteiger partial charge is 0.263 e. The molecule has 6 aromatic rings. The molecule has 1 aliphatic rings. The SMILES string of the molecule is CC1(O)CCN(c2cccc3c2ncn3-c2ccc3ncnc(Nc4c(F)ccc(NS(=O)(=O)c5cccc(Cl)c5Cl)c4F)c3n2)CC1. The van der Waals surface area contributed by atoms with Crippen molar-refractivity contribution in [2.24, 2.45) is 0 Å². The average Bonchev–Trinajstić information content (AvgIpc) is 3.50. The van der Waals surface area contributed by atoms with Crippen LogP contribution in [-0.2, 0) is 10.0 Å². The highest BCUT2D eigenvalue weighted by Gasteiger charge is 2.29. The molecule has 0 unspecified atom stereocenters. The van der Waals surface area contributed by atoms with E-state index >= 15 is 8.78 Å². The first kappa shape index (κ1) is 31.9. The fourth-order valence-electron chi connectivity index (χ4n) is 5.60. The summed E-state index contributed by atoms with van der Waals surface area (Å²) in [5.41, 5.74) is 1.15. The Bertz CT molecular complexity index is 2330. The van der Waals surface area contributed by atoms with Crippen LogP contribution in [0.2, 0.25) is 10.0 Å². The zero-order valence-corrected chi connectivity index (χ0v) is 27.5. The number of piperidine rings is 1. The van der Waals surface area contributed by atoms with E-state index in [0.717, 1.165) is 28.9 Å². The van der Waals surface area contributed by atoms with Crippen molar-refractivity contribution >= 4 is 78.2 Å². The second-order valence-corrected chi connectivity index (χ2v) is 14.0. The van der Waals surface area contributed by atoms with Gasteiger partial charge in [-0.1, -0.05) is 35.3 Å². The first-order valence-electron chi connectivity index (χ1n) is 14.7. The van der Waals surface area contributed by atoms with Crippen LogP contribution in [-0.4, -0.2) is 56.7 Å². The van der Waals surface area contributed by atoms with Crippen molar-refractivity contribution in [1.82, 2.24) is 24.5 Å². The van der Waals surface area contributed by atoms with E-state index in [-0.39, 0.29) is 26.3 Å². The van der Waals surface area contributed by atoms with Gasteiger partial charge in [0.25, 0.3) is 10.0 Å². The van der Waals surface area contributed by atoms with E-state index in [1.165, 1.54) is 24.5 Å². The predicted octanol–water partition coefficient (Wildman–Crippen LogP) is 6.84. The fourth-order valence-corrected chi connectivity index (χ4v) is 7.42. The summed E-state index contributed by atoms with van der Waals surface area (Å²) in [6.45, 7) is 3.21. The van der Waals surface area contributed by atoms with Gasteiger partial charge in [0.05, 0.1) is 38.1 Å². The molecule has 246 valence electrons. The molecule has 16 heteroatoms. The maximum atomic E-state index is 15.8. The quantitative estimate of drug-likeness (QED) is 0.163. The topological polar surface area (TPSA) is 138 Å². The van der Waals surface area contributed by atoms with Gasteiger partial charge in [-0.3, -0.25) is 9.29 Å². The van der Waals surface area contributed by atoms with Crippen molar-refractivity contribution in [2.45, 2.75) is 30.3 Å². The lowest BCUT2D eigenvalue weighted by Gasteiger charge is -2.37. The Balaban J connectivity index is 1.23. The van der Waals surface area contributed by atoms with Gasteiger partial charge in [0, 0.05) is 13.1 Å². The minimum atomic E-state index is -4.41. The van der Waals surface area contributed by atoms with Crippen molar-refractivity contribution in [3.8, 4) is 5.82 Å². The number of hydrogen-bond donors (Lipinski definition) is 3. The number of halogens is 4. The first-order chi connectivity index (χ1) is 22.9. The van der Waals surface area contributed by atoms with Crippen LogP contribution in [0.1, 0.15) is 19.8 Å². The fraction of sp³-hybridized carbons (Fsp3) is 0.188. The molecule has 0 radical (unpaired) electrons. The number of pyridine rings is 1. The predicted molar refractivity (Wildman–Crippen MR) is 181 cm³/mol. The molecule has 1 saturated heterocycles. The Hall–Kier alpha value is -4.63. The number of rotatable bonds is 7. The third-order valence-corrected chi connectivity index (χ3v) is 10.6. The summed E-state index contributed by atoms with van der Waals surface area (Å²) in [5.74, 6) is -1.82. The molecule has 3 N–H and O–H groups in total. The molecule has 0 bridgehead atoms. The van der Waals surface area contributed by atoms with Crippen LogP contribution in [0.5, 0.6) is 0 Å². The molecular formula is C32H26Cl2F2N8O3S. The van der Waals surface area contributed by atoms with Gasteiger partial charge in [0.1, 0.15) is 45.9 Å². The van der Waals surface area contributed by atoms with Crippen LogP contribution in [0.3, 0.4) is 0 Å². The summed E-state index contributed by atoms with van der Waals surface area (Å²) in [7, 11) is -4.41. The van der Waals surface area contributed by atoms with Crippen molar-refractivity contribution in [3.05, 3.63) is 95.0 Å². The van der Waals surface area contributed by atoms with E-state index in [0.29, 0.717) is 37.3 Å². The second kappa shape index (κ2) is 12.1. The minimum absolute atomic E-state index is 0.00897. The summed E-state index contributed by atoms with van der Waals surface area (Å²) in [5, 5.41) is 12.8. The highest BCUT2D eigenvalue weighted by molar-refractivity contribution is 7.92. The molecule has 4 heterocycles. The van der Waals surface area contributed by atoms with Gasteiger partial charge in [0.2, 0.25) is 0 Å². The summed E-state index contributed by atoms with van der Waals surface area (Å²) in [6, 6.07) is 15.1. The van der Waals surface area contributed by atoms with Crippen LogP contribution < -0.4 is 14.9 Å². The number of fused-ring (bicyclic) bond motifs is 2. The normalized spacial score (nSPS) is 14.8. The van der Waals surface area contributed by atoms with Crippen LogP contribution in [0.15, 0.2) is 78.2 Å². The molecule has 3 aromatic heterocycles. The zero-order valence-electron chi connectivity index (χ0n) is 25.1. The number of anilines is 4. The number of imidazole rings is 1. The van der Waals surface area contributed by atoms with Gasteiger partial charge in [-0.15, -0.1) is 0 Å². The van der Waals surface area contributed by atoms with Crippen molar-refractivity contribution < 1.29 is 22.3 Å². The van der Waals surface area contributed by atoms with E-state index in [4.69, 9.17) is 28.2 Å². The van der Waals surface area contributed by atoms with Gasteiger partial charge in [0.15, 0.2) is 11.6 Å². The minimum Gasteiger partial charge on any atom is -0.390 e. The molecule has 11 nitrogen and oxygen atoms in total. The highest BCUT2D eigenvalue weighted by atomic mass is 35.5. The van der Waals surface area contributed by atoms with Crippen molar-refractivity contribution in [2.75, 3.05) is 28.0 Å². The monoisotopic (exact) mass is 710 g/mol. The zero-order chi connectivity index (χ0) is 33.8. The number of aromatic nitrogens is 5. The number of sulfonamides is 1. The van der Waals surface area contributed by atoms with Gasteiger partial charge in [-0.2, -0.15) is 0 Å². The van der Waals surface area contributed by atoms with Crippen LogP contribution in [0.4, 0.5) is 31.7 Å². The lowest BCUT2D eigenvalue weighted by Crippen LogP contribution is -2.42. The Morgan fingerprint density at radius 2 is 1.71 bits per heavy atom. The molecule has 3 aromatic carbocycles. The van der Waals surface area contributed by atoms with E-state index in [2.05, 4.69) is 29.9 Å². The Labute approximate surface area is 283 Å². The van der Waals surface area contributed by atoms with Crippen LogP contribution in [0, 0.1) is 11.6 Å². The van der Waals surface area contributed by atoms with E-state index < -0.39 is 38.6 Å². The summed E-state index contributed by atoms with van der Waals surface area (Å²) in [4.78, 5) is 19.7. The average molecular weight is 712 g/mol. The van der Waals surface area contributed by atoms with E-state index in [1.54, 1.807) is 23.0 Å². The molecule has 0 amide bonds. The number of hydrogen-bond acceptors (Lipinski definition) is 9. The van der Waals surface area contributed by atoms with Crippen molar-refractivity contribution in [1.29, 1.82) is 0 Å². The van der Waals surface area contributed by atoms with Gasteiger partial charge in [-0.25, -0.2) is 37.1 Å². The van der Waals surface area contributed by atoms with Gasteiger partial charge >= 0.3 is 0 Å². The van der Waals surface area contributed by atoms with E-state index in [1.807, 2.05) is 25.1 Å². The lowest BCUT2D eigenvalue weighted by atomic mass is 9.93. The maximum absolute atomic E-state index is 15.8. The molecule has 1 aliphatic heterocycles. The molecule has 7 rings (SSSR count). The van der Waals surface area contributed by atoms with Gasteiger partial charge < -0.3 is 15.3 Å². The Morgan fingerprint density at radius 3 is 2.50 bits per heavy atom. The third-order valence-electron chi connectivity index (χ3n) is 8.24. The van der Waals surface area contributed by atoms with Crippen LogP contribution >= 0.6 is 23.2 Å². The number of benzene rings is 3. The number of aliphatic hydroxyl groups is 1. The molecule has 0 atom stereocenters. The number of nitrogens with one attached hydrogen (secondary N) is 2. The second-order valence-electron chi connectivity index (χ2n) is 11.6. The number of para-hydroxylation sites is 1. The first-order valence-corrected chi connectivity index (χ1v) is 16.9. The summed E-state index contributed by atoms with van der Waals surface area (Å²) >= 11 is 12.1. The Kier molecular flexibility index (Phi) is 8.06. The molecule has 0 saturated carbocycles. The lowest BCUT2D eigenvalue weighted by molar-refractivity contribution is 0.0352. The molecule has 0 aliphatic carbocycles. The molecule has 1 fully saturated rings. The van der Waals surface area contributed by atoms with Crippen LogP contribution in [0.25, 0.3) is 27.9 Å². The standard InChI is InChI=1S/C32H26Cl2F2N8O3S/c1-32(45)12-14-43(15-13-32)22-5-3-6-23-30(22)39-17-44(23)25-11-10-21-29(40-25)31(38-16-37-21)41-28-19(35)8-9-20(27(28)36)42-48(46,47)24-7-2-4-18(33)26(24)34/h2-11,16-17,42,45H,12-15H2,1H3,(H,37,38,41). The molecular weight excluding hydrogens is 685 g/mol. The Morgan fingerprint density at radius 1 is 0.938 bits per heavy atom. The third kappa shape index (κ3) is 5.85.